The van der Waals surface area contributed by atoms with Gasteiger partial charge in [-0.2, -0.15) is 4.98 Å². The van der Waals surface area contributed by atoms with Crippen LogP contribution in [0.15, 0.2) is 23.0 Å². The molecule has 0 saturated carbocycles. The molecule has 0 radical (unpaired) electrons. The Kier molecular flexibility index (Phi) is 6.14. The van der Waals surface area contributed by atoms with Crippen molar-refractivity contribution < 1.29 is 9.32 Å². The van der Waals surface area contributed by atoms with E-state index < -0.39 is 0 Å². The summed E-state index contributed by atoms with van der Waals surface area (Å²) < 4.78 is 5.22. The zero-order chi connectivity index (χ0) is 18.4. The van der Waals surface area contributed by atoms with Gasteiger partial charge in [0.15, 0.2) is 5.82 Å². The summed E-state index contributed by atoms with van der Waals surface area (Å²) in [6.07, 6.45) is 6.84. The van der Waals surface area contributed by atoms with Crippen molar-refractivity contribution in [3.63, 3.8) is 0 Å². The number of aryl methyl sites for hydroxylation is 1. The van der Waals surface area contributed by atoms with Crippen molar-refractivity contribution >= 4 is 11.9 Å². The van der Waals surface area contributed by atoms with Crippen molar-refractivity contribution in [3.8, 4) is 0 Å². The van der Waals surface area contributed by atoms with E-state index in [2.05, 4.69) is 31.9 Å². The van der Waals surface area contributed by atoms with Gasteiger partial charge in [0.25, 0.3) is 0 Å². The van der Waals surface area contributed by atoms with Gasteiger partial charge in [0.1, 0.15) is 0 Å². The second-order valence-electron chi connectivity index (χ2n) is 6.52. The highest BCUT2D eigenvalue weighted by Gasteiger charge is 2.29. The van der Waals surface area contributed by atoms with E-state index >= 15 is 0 Å². The van der Waals surface area contributed by atoms with Crippen molar-refractivity contribution in [1.82, 2.24) is 25.0 Å². The molecular formula is C18H26N6O2. The smallest absolute Gasteiger partial charge is 0.226 e. The lowest BCUT2D eigenvalue weighted by atomic mass is 9.95. The second kappa shape index (κ2) is 8.73. The second-order valence-corrected chi connectivity index (χ2v) is 6.52. The normalized spacial score (nSPS) is 15.2. The lowest BCUT2D eigenvalue weighted by molar-refractivity contribution is -0.136. The minimum Gasteiger partial charge on any atom is -0.341 e. The maximum atomic E-state index is 12.9. The van der Waals surface area contributed by atoms with Crippen molar-refractivity contribution in [1.29, 1.82) is 0 Å². The number of anilines is 1. The zero-order valence-corrected chi connectivity index (χ0v) is 15.5. The summed E-state index contributed by atoms with van der Waals surface area (Å²) >= 11 is 0. The Morgan fingerprint density at radius 3 is 2.65 bits per heavy atom. The van der Waals surface area contributed by atoms with Gasteiger partial charge in [-0.15, -0.1) is 0 Å². The highest BCUT2D eigenvalue weighted by Crippen LogP contribution is 2.22. The van der Waals surface area contributed by atoms with Gasteiger partial charge in [-0.25, -0.2) is 9.97 Å². The average Bonchev–Trinajstić information content (AvgIpc) is 3.14. The summed E-state index contributed by atoms with van der Waals surface area (Å²) in [6, 6.07) is 1.81. The first kappa shape index (κ1) is 18.3. The molecule has 1 fully saturated rings. The molecule has 0 aliphatic carbocycles. The predicted molar refractivity (Wildman–Crippen MR) is 96.4 cm³/mol. The van der Waals surface area contributed by atoms with Crippen molar-refractivity contribution in [2.45, 2.75) is 46.1 Å². The highest BCUT2D eigenvalue weighted by atomic mass is 16.5. The SMILES string of the molecule is CCCc1nc(CN(CC)C(=O)C2CCN(c3ncccn3)CC2)no1. The fourth-order valence-electron chi connectivity index (χ4n) is 3.23. The molecule has 1 aliphatic rings. The number of amides is 1. The highest BCUT2D eigenvalue weighted by molar-refractivity contribution is 5.79. The third-order valence-corrected chi connectivity index (χ3v) is 4.68. The molecule has 0 aromatic carbocycles. The van der Waals surface area contributed by atoms with Crippen LogP contribution in [0.2, 0.25) is 0 Å². The largest absolute Gasteiger partial charge is 0.341 e. The Morgan fingerprint density at radius 2 is 2.00 bits per heavy atom. The summed E-state index contributed by atoms with van der Waals surface area (Å²) in [5.41, 5.74) is 0. The number of piperidine rings is 1. The van der Waals surface area contributed by atoms with E-state index in [4.69, 9.17) is 4.52 Å². The number of hydrogen-bond donors (Lipinski definition) is 0. The molecule has 8 heteroatoms. The van der Waals surface area contributed by atoms with Crippen LogP contribution in [0, 0.1) is 5.92 Å². The van der Waals surface area contributed by atoms with E-state index in [9.17, 15) is 4.79 Å². The topological polar surface area (TPSA) is 88.3 Å². The third kappa shape index (κ3) is 4.36. The van der Waals surface area contributed by atoms with Crippen molar-refractivity contribution in [2.24, 2.45) is 5.92 Å². The molecule has 26 heavy (non-hydrogen) atoms. The predicted octanol–water partition coefficient (Wildman–Crippen LogP) is 2.08. The third-order valence-electron chi connectivity index (χ3n) is 4.68. The van der Waals surface area contributed by atoms with Gasteiger partial charge >= 0.3 is 0 Å². The van der Waals surface area contributed by atoms with E-state index in [1.165, 1.54) is 0 Å². The van der Waals surface area contributed by atoms with Gasteiger partial charge in [-0.1, -0.05) is 12.1 Å². The molecule has 3 rings (SSSR count). The number of rotatable bonds is 7. The fraction of sp³-hybridized carbons (Fsp3) is 0.611. The van der Waals surface area contributed by atoms with Crippen LogP contribution < -0.4 is 4.90 Å². The molecule has 0 unspecified atom stereocenters. The minimum atomic E-state index is 0.0249. The first-order valence-electron chi connectivity index (χ1n) is 9.33. The van der Waals surface area contributed by atoms with Gasteiger partial charge in [0, 0.05) is 44.4 Å². The molecule has 0 atom stereocenters. The Morgan fingerprint density at radius 1 is 1.27 bits per heavy atom. The van der Waals surface area contributed by atoms with Crippen LogP contribution >= 0.6 is 0 Å². The van der Waals surface area contributed by atoms with Gasteiger partial charge in [-0.05, 0) is 32.3 Å². The number of carbonyl (C=O) groups is 1. The molecule has 140 valence electrons. The van der Waals surface area contributed by atoms with Crippen LogP contribution in [0.1, 0.15) is 44.8 Å². The summed E-state index contributed by atoms with van der Waals surface area (Å²) in [4.78, 5) is 29.8. The Balaban J connectivity index is 1.55. The van der Waals surface area contributed by atoms with Crippen LogP contribution in [-0.2, 0) is 17.8 Å². The molecule has 0 N–H and O–H groups in total. The van der Waals surface area contributed by atoms with Crippen LogP contribution in [-0.4, -0.2) is 50.5 Å². The molecule has 0 spiro atoms. The van der Waals surface area contributed by atoms with Crippen LogP contribution in [0.4, 0.5) is 5.95 Å². The maximum Gasteiger partial charge on any atom is 0.226 e. The summed E-state index contributed by atoms with van der Waals surface area (Å²) in [5, 5.41) is 4.00. The minimum absolute atomic E-state index is 0.0249. The summed E-state index contributed by atoms with van der Waals surface area (Å²) in [6.45, 7) is 6.68. The van der Waals surface area contributed by atoms with Crippen LogP contribution in [0.25, 0.3) is 0 Å². The lowest BCUT2D eigenvalue weighted by Gasteiger charge is -2.33. The number of hydrogen-bond acceptors (Lipinski definition) is 7. The molecule has 1 aliphatic heterocycles. The molecule has 0 bridgehead atoms. The molecule has 8 nitrogen and oxygen atoms in total. The number of nitrogens with zero attached hydrogens (tertiary/aromatic N) is 6. The Hall–Kier alpha value is -2.51. The first-order chi connectivity index (χ1) is 12.7. The molecular weight excluding hydrogens is 332 g/mol. The molecule has 1 amide bonds. The monoisotopic (exact) mass is 358 g/mol. The fourth-order valence-corrected chi connectivity index (χ4v) is 3.23. The Labute approximate surface area is 153 Å². The molecule has 2 aromatic heterocycles. The standard InChI is InChI=1S/C18H26N6O2/c1-3-6-16-21-15(22-26-16)13-23(4-2)17(25)14-7-11-24(12-8-14)18-19-9-5-10-20-18/h5,9-10,14H,3-4,6-8,11-13H2,1-2H3. The molecule has 1 saturated heterocycles. The first-order valence-corrected chi connectivity index (χ1v) is 9.33. The van der Waals surface area contributed by atoms with Crippen molar-refractivity contribution in [2.75, 3.05) is 24.5 Å². The zero-order valence-electron chi connectivity index (χ0n) is 15.5. The maximum absolute atomic E-state index is 12.9. The van der Waals surface area contributed by atoms with Gasteiger partial charge < -0.3 is 14.3 Å². The van der Waals surface area contributed by atoms with Gasteiger partial charge in [-0.3, -0.25) is 4.79 Å². The number of carbonyl (C=O) groups excluding carboxylic acids is 1. The van der Waals surface area contributed by atoms with Gasteiger partial charge in [0.05, 0.1) is 6.54 Å². The average molecular weight is 358 g/mol. The quantitative estimate of drug-likeness (QED) is 0.748. The van der Waals surface area contributed by atoms with Gasteiger partial charge in [0.2, 0.25) is 17.7 Å². The summed E-state index contributed by atoms with van der Waals surface area (Å²) in [7, 11) is 0. The van der Waals surface area contributed by atoms with E-state index in [0.717, 1.165) is 44.7 Å². The van der Waals surface area contributed by atoms with Crippen LogP contribution in [0.3, 0.4) is 0 Å². The number of aromatic nitrogens is 4. The van der Waals surface area contributed by atoms with E-state index in [1.807, 2.05) is 17.9 Å². The summed E-state index contributed by atoms with van der Waals surface area (Å²) in [5.74, 6) is 2.15. The molecule has 3 heterocycles. The Bertz CT molecular complexity index is 697. The van der Waals surface area contributed by atoms with Crippen LogP contribution in [0.5, 0.6) is 0 Å². The van der Waals surface area contributed by atoms with Crippen molar-refractivity contribution in [3.05, 3.63) is 30.2 Å². The van der Waals surface area contributed by atoms with E-state index in [1.54, 1.807) is 12.4 Å². The van der Waals surface area contributed by atoms with E-state index in [-0.39, 0.29) is 11.8 Å². The lowest BCUT2D eigenvalue weighted by Crippen LogP contribution is -2.43. The molecule has 2 aromatic rings. The van der Waals surface area contributed by atoms with E-state index in [0.29, 0.717) is 24.8 Å².